The molecule has 0 aliphatic heterocycles. The fourth-order valence-corrected chi connectivity index (χ4v) is 9.62. The predicted molar refractivity (Wildman–Crippen MR) is 289 cm³/mol. The van der Waals surface area contributed by atoms with Crippen molar-refractivity contribution in [3.63, 3.8) is 0 Å². The van der Waals surface area contributed by atoms with E-state index in [4.69, 9.17) is 0 Å². The van der Waals surface area contributed by atoms with Crippen molar-refractivity contribution < 1.29 is 19.2 Å². The van der Waals surface area contributed by atoms with Crippen molar-refractivity contribution in [1.29, 1.82) is 5.26 Å². The number of nitriles is 1. The molecule has 73 heavy (non-hydrogen) atoms. The molecule has 0 fully saturated rings. The molecular weight excluding hydrogens is 901 g/mol. The Balaban J connectivity index is 1.01. The molecule has 1 heterocycles. The number of rotatable bonds is 14. The minimum Gasteiger partial charge on any atom is -0.311 e. The largest absolute Gasteiger partial charge is 0.311 e. The monoisotopic (exact) mass is 944 g/mol. The second-order valence-corrected chi connectivity index (χ2v) is 17.8. The molecule has 0 N–H and O–H groups in total. The van der Waals surface area contributed by atoms with Crippen LogP contribution < -0.4 is 9.80 Å². The summed E-state index contributed by atoms with van der Waals surface area (Å²) in [6, 6.07) is 71.4. The summed E-state index contributed by atoms with van der Waals surface area (Å²) in [5, 5.41) is 12.3. The van der Waals surface area contributed by atoms with Gasteiger partial charge in [0.2, 0.25) is 0 Å². The number of anilines is 5. The highest BCUT2D eigenvalue weighted by atomic mass is 16.1. The topological polar surface area (TPSA) is 103 Å². The van der Waals surface area contributed by atoms with E-state index in [2.05, 4.69) is 34.2 Å². The van der Waals surface area contributed by atoms with Crippen molar-refractivity contribution in [2.75, 3.05) is 9.80 Å². The Morgan fingerprint density at radius 1 is 0.411 bits per heavy atom. The number of hydrogen-bond donors (Lipinski definition) is 0. The molecule has 8 nitrogen and oxygen atoms in total. The molecule has 0 saturated carbocycles. The number of allylic oxidation sites excluding steroid dienone is 3. The fourth-order valence-electron chi connectivity index (χ4n) is 9.62. The molecule has 10 aromatic rings. The molecule has 8 heteroatoms. The zero-order chi connectivity index (χ0) is 49.8. The van der Waals surface area contributed by atoms with Crippen LogP contribution >= 0.6 is 0 Å². The molecule has 1 unspecified atom stereocenters. The Morgan fingerprint density at radius 2 is 0.753 bits per heavy atom. The number of hydrogen-bond acceptors (Lipinski definition) is 7. The molecule has 0 saturated heterocycles. The standard InChI is InChI=1S/C65H44N4O4/c66-43-67-60-39-37-56(68(52-29-21-48(22-30-52)62(70)44-13-5-1-6-14-44)53-31-23-49(24-32-53)63(71)45-15-7-2-8-16-45)41-58(60)59-42-57(38-40-61(59)67)69(54-33-25-50(26-34-54)64(72)46-17-9-3-10-18-46)55-35-27-51(28-36-55)65(73)47-19-11-4-12-20-47/h1-27,29-42,51H,28H2. The number of fused-ring (bicyclic) bond motifs is 3. The van der Waals surface area contributed by atoms with Gasteiger partial charge in [-0.1, -0.05) is 133 Å². The SMILES string of the molecule is N#Cn1c2ccc(N(C3=CCC(C(=O)c4ccccc4)C=C3)c3ccc(C(=O)c4ccccc4)cc3)cc2c2cc(N(c3ccc(C(=O)c4ccccc4)cc3)c3ccc(C(=O)c4ccccc4)cc3)ccc21. The van der Waals surface area contributed by atoms with Crippen LogP contribution in [0.3, 0.4) is 0 Å². The van der Waals surface area contributed by atoms with E-state index < -0.39 is 0 Å². The summed E-state index contributed by atoms with van der Waals surface area (Å²) in [6.07, 6.45) is 8.91. The third kappa shape index (κ3) is 8.95. The Morgan fingerprint density at radius 3 is 1.12 bits per heavy atom. The Labute approximate surface area is 422 Å². The molecule has 0 radical (unpaired) electrons. The molecule has 1 aliphatic carbocycles. The van der Waals surface area contributed by atoms with E-state index in [0.717, 1.165) is 44.9 Å². The quantitative estimate of drug-likeness (QED) is 0.100. The summed E-state index contributed by atoms with van der Waals surface area (Å²) >= 11 is 0. The summed E-state index contributed by atoms with van der Waals surface area (Å²) in [6.45, 7) is 0. The maximum absolute atomic E-state index is 13.6. The van der Waals surface area contributed by atoms with Crippen LogP contribution in [-0.4, -0.2) is 27.7 Å². The van der Waals surface area contributed by atoms with Gasteiger partial charge in [-0.15, -0.1) is 0 Å². The Bertz CT molecular complexity index is 3730. The van der Waals surface area contributed by atoms with Gasteiger partial charge in [-0.3, -0.25) is 19.2 Å². The van der Waals surface area contributed by atoms with Crippen LogP contribution in [0.25, 0.3) is 21.8 Å². The second-order valence-electron chi connectivity index (χ2n) is 17.8. The van der Waals surface area contributed by atoms with Crippen LogP contribution in [0.4, 0.5) is 28.4 Å². The van der Waals surface area contributed by atoms with Crippen molar-refractivity contribution >= 4 is 73.4 Å². The third-order valence-electron chi connectivity index (χ3n) is 13.4. The molecule has 9 aromatic carbocycles. The van der Waals surface area contributed by atoms with E-state index in [1.165, 1.54) is 0 Å². The van der Waals surface area contributed by atoms with Crippen molar-refractivity contribution in [2.45, 2.75) is 6.42 Å². The van der Waals surface area contributed by atoms with Crippen molar-refractivity contribution in [1.82, 2.24) is 4.57 Å². The molecule has 1 atom stereocenters. The molecule has 1 aromatic heterocycles. The van der Waals surface area contributed by atoms with E-state index in [-0.39, 0.29) is 29.1 Å². The van der Waals surface area contributed by atoms with Gasteiger partial charge in [0.05, 0.1) is 11.0 Å². The van der Waals surface area contributed by atoms with Crippen LogP contribution in [0.1, 0.15) is 64.5 Å². The summed E-state index contributed by atoms with van der Waals surface area (Å²) < 4.78 is 1.63. The van der Waals surface area contributed by atoms with E-state index >= 15 is 0 Å². The summed E-state index contributed by atoms with van der Waals surface area (Å²) in [4.78, 5) is 58.4. The van der Waals surface area contributed by atoms with E-state index in [0.29, 0.717) is 56.4 Å². The lowest BCUT2D eigenvalue weighted by Gasteiger charge is -2.29. The van der Waals surface area contributed by atoms with Crippen LogP contribution in [0.5, 0.6) is 0 Å². The van der Waals surface area contributed by atoms with E-state index in [1.54, 1.807) is 41.0 Å². The van der Waals surface area contributed by atoms with Gasteiger partial charge < -0.3 is 9.80 Å². The molecule has 1 aliphatic rings. The third-order valence-corrected chi connectivity index (χ3v) is 13.4. The normalized spacial score (nSPS) is 13.0. The van der Waals surface area contributed by atoms with E-state index in [1.807, 2.05) is 194 Å². The van der Waals surface area contributed by atoms with Crippen molar-refractivity contribution in [3.05, 3.63) is 293 Å². The molecule has 0 bridgehead atoms. The number of Topliss-reactive ketones (excluding diaryl/α,β-unsaturated/α-hetero) is 1. The molecule has 0 amide bonds. The number of benzene rings is 9. The lowest BCUT2D eigenvalue weighted by Crippen LogP contribution is -2.20. The van der Waals surface area contributed by atoms with Crippen molar-refractivity contribution in [3.8, 4) is 6.19 Å². The number of ketones is 4. The zero-order valence-electron chi connectivity index (χ0n) is 39.4. The first-order chi connectivity index (χ1) is 35.8. The van der Waals surface area contributed by atoms with Crippen LogP contribution in [-0.2, 0) is 0 Å². The first kappa shape index (κ1) is 45.5. The highest BCUT2D eigenvalue weighted by molar-refractivity contribution is 6.13. The summed E-state index contributed by atoms with van der Waals surface area (Å²) in [7, 11) is 0. The Kier molecular flexibility index (Phi) is 12.3. The van der Waals surface area contributed by atoms with Crippen molar-refractivity contribution in [2.24, 2.45) is 5.92 Å². The number of carbonyl (C=O) groups excluding carboxylic acids is 4. The lowest BCUT2D eigenvalue weighted by atomic mass is 9.90. The lowest BCUT2D eigenvalue weighted by molar-refractivity contribution is 0.0943. The molecule has 348 valence electrons. The summed E-state index contributed by atoms with van der Waals surface area (Å²) in [5.41, 5.74) is 10.3. The Hall–Kier alpha value is -9.97. The van der Waals surface area contributed by atoms with Crippen LogP contribution in [0.15, 0.2) is 254 Å². The average Bonchev–Trinajstić information content (AvgIpc) is 3.78. The van der Waals surface area contributed by atoms with Crippen LogP contribution in [0, 0.1) is 17.4 Å². The number of carbonyl (C=O) groups is 4. The molecule has 0 spiro atoms. The first-order valence-corrected chi connectivity index (χ1v) is 24.0. The maximum Gasteiger partial charge on any atom is 0.193 e. The van der Waals surface area contributed by atoms with Crippen LogP contribution in [0.2, 0.25) is 0 Å². The zero-order valence-corrected chi connectivity index (χ0v) is 39.4. The van der Waals surface area contributed by atoms with Gasteiger partial charge >= 0.3 is 0 Å². The highest BCUT2D eigenvalue weighted by Crippen LogP contribution is 2.42. The summed E-state index contributed by atoms with van der Waals surface area (Å²) in [5.74, 6) is -0.547. The van der Waals surface area contributed by atoms with Gasteiger partial charge in [-0.2, -0.15) is 5.26 Å². The maximum atomic E-state index is 13.6. The number of aromatic nitrogens is 1. The first-order valence-electron chi connectivity index (χ1n) is 24.0. The predicted octanol–water partition coefficient (Wildman–Crippen LogP) is 14.8. The minimum absolute atomic E-state index is 0.0475. The second kappa shape index (κ2) is 19.8. The van der Waals surface area contributed by atoms with Gasteiger partial charge in [0.25, 0.3) is 0 Å². The van der Waals surface area contributed by atoms with Gasteiger partial charge in [-0.25, -0.2) is 4.57 Å². The van der Waals surface area contributed by atoms with E-state index in [9.17, 15) is 24.4 Å². The minimum atomic E-state index is -0.336. The highest BCUT2D eigenvalue weighted by Gasteiger charge is 2.25. The fraction of sp³-hybridized carbons (Fsp3) is 0.0308. The smallest absolute Gasteiger partial charge is 0.193 e. The van der Waals surface area contributed by atoms with Gasteiger partial charge in [0.1, 0.15) is 0 Å². The van der Waals surface area contributed by atoms with Gasteiger partial charge in [0.15, 0.2) is 29.3 Å². The van der Waals surface area contributed by atoms with Gasteiger partial charge in [-0.05, 0) is 122 Å². The average molecular weight is 945 g/mol. The number of nitrogens with zero attached hydrogens (tertiary/aromatic N) is 4. The van der Waals surface area contributed by atoms with Gasteiger partial charge in [0, 0.05) is 89.8 Å². The molecule has 11 rings (SSSR count). The molecular formula is C65H44N4O4.